The number of halogens is 1. The first-order valence-electron chi connectivity index (χ1n) is 18.4. The van der Waals surface area contributed by atoms with Gasteiger partial charge in [0.05, 0.1) is 22.3 Å². The Bertz CT molecular complexity index is 2140. The molecule has 2 aliphatic carbocycles. The number of allylic oxidation sites excluding steroid dienone is 1. The van der Waals surface area contributed by atoms with Crippen LogP contribution in [-0.4, -0.2) is 86.9 Å². The predicted molar refractivity (Wildman–Crippen MR) is 197 cm³/mol. The number of thiazole rings is 1. The Morgan fingerprint density at radius 2 is 1.94 bits per heavy atom. The summed E-state index contributed by atoms with van der Waals surface area (Å²) in [7, 11) is -4.01. The van der Waals surface area contributed by atoms with E-state index in [1.807, 2.05) is 26.0 Å². The Morgan fingerprint density at radius 1 is 1.15 bits per heavy atom. The molecule has 0 spiro atoms. The second-order valence-electron chi connectivity index (χ2n) is 15.0. The number of carbonyl (C=O) groups excluding carboxylic acids is 4. The van der Waals surface area contributed by atoms with Crippen molar-refractivity contribution in [2.75, 3.05) is 6.54 Å². The highest BCUT2D eigenvalue weighted by Crippen LogP contribution is 2.47. The molecule has 1 unspecified atom stereocenters. The van der Waals surface area contributed by atoms with Gasteiger partial charge in [0.1, 0.15) is 35.2 Å². The van der Waals surface area contributed by atoms with Crippen molar-refractivity contribution < 1.29 is 36.7 Å². The molecule has 7 rings (SSSR count). The van der Waals surface area contributed by atoms with E-state index in [-0.39, 0.29) is 35.8 Å². The molecule has 0 radical (unpaired) electrons. The number of carbonyl (C=O) groups is 4. The summed E-state index contributed by atoms with van der Waals surface area (Å²) >= 11 is 1.20. The first kappa shape index (κ1) is 37.8. The van der Waals surface area contributed by atoms with Crippen LogP contribution in [0.3, 0.4) is 0 Å². The molecule has 2 aromatic heterocycles. The number of hydrogen-bond acceptors (Lipinski definition) is 11. The van der Waals surface area contributed by atoms with Gasteiger partial charge in [-0.15, -0.1) is 11.3 Å². The molecule has 5 atom stereocenters. The average Bonchev–Trinajstić information content (AvgIpc) is 3.93. The van der Waals surface area contributed by atoms with Gasteiger partial charge in [-0.1, -0.05) is 31.9 Å². The Kier molecular flexibility index (Phi) is 10.2. The SMILES string of the molecule is CCc1nc2ccc(F)cc2nc1O[C@@H]1C[C@H]2C(=O)N[C@]3(C(=O)NS(=O)(=O)C4(C)CC4)CC3/C=C\CCCCC[C@H](NC(=O)c3ncc(C)s3)C(=O)N2C1. The summed E-state index contributed by atoms with van der Waals surface area (Å²) in [6.45, 7) is 5.20. The zero-order valence-electron chi connectivity index (χ0n) is 30.4. The van der Waals surface area contributed by atoms with Crippen molar-refractivity contribution in [3.63, 3.8) is 0 Å². The molecule has 0 bridgehead atoms. The number of sulfonamides is 1. The highest BCUT2D eigenvalue weighted by Gasteiger charge is 2.63. The van der Waals surface area contributed by atoms with Crippen molar-refractivity contribution in [1.29, 1.82) is 0 Å². The van der Waals surface area contributed by atoms with E-state index < -0.39 is 73.9 Å². The highest BCUT2D eigenvalue weighted by molar-refractivity contribution is 7.91. The molecule has 4 heterocycles. The Balaban J connectivity index is 1.21. The topological polar surface area (TPSA) is 190 Å². The average molecular weight is 782 g/mol. The third kappa shape index (κ3) is 7.56. The van der Waals surface area contributed by atoms with Crippen LogP contribution in [0, 0.1) is 18.7 Å². The van der Waals surface area contributed by atoms with Gasteiger partial charge >= 0.3 is 0 Å². The van der Waals surface area contributed by atoms with E-state index in [9.17, 15) is 32.0 Å². The summed E-state index contributed by atoms with van der Waals surface area (Å²) in [6.07, 6.45) is 9.18. The lowest BCUT2D eigenvalue weighted by Crippen LogP contribution is -2.58. The van der Waals surface area contributed by atoms with Crippen LogP contribution in [-0.2, 0) is 30.8 Å². The third-order valence-electron chi connectivity index (χ3n) is 10.9. The van der Waals surface area contributed by atoms with Crippen molar-refractivity contribution in [2.24, 2.45) is 5.92 Å². The molecule has 3 N–H and O–H groups in total. The minimum absolute atomic E-state index is 0.00941. The number of rotatable bonds is 8. The van der Waals surface area contributed by atoms with Gasteiger partial charge in [-0.25, -0.2) is 27.8 Å². The number of amides is 4. The molecule has 288 valence electrons. The number of hydrogen-bond donors (Lipinski definition) is 3. The summed E-state index contributed by atoms with van der Waals surface area (Å²) in [4.78, 5) is 71.6. The fraction of sp³-hybridized carbons (Fsp3) is 0.541. The molecular weight excluding hydrogens is 738 g/mol. The van der Waals surface area contributed by atoms with Gasteiger partial charge < -0.3 is 20.3 Å². The van der Waals surface area contributed by atoms with Gasteiger partial charge in [0, 0.05) is 29.5 Å². The molecule has 3 fully saturated rings. The lowest BCUT2D eigenvalue weighted by Gasteiger charge is -2.30. The number of fused-ring (bicyclic) bond motifs is 3. The van der Waals surface area contributed by atoms with E-state index in [1.54, 1.807) is 13.1 Å². The molecule has 2 saturated carbocycles. The fourth-order valence-corrected chi connectivity index (χ4v) is 9.14. The minimum Gasteiger partial charge on any atom is -0.471 e. The van der Waals surface area contributed by atoms with Gasteiger partial charge in [0.15, 0.2) is 5.01 Å². The van der Waals surface area contributed by atoms with Crippen LogP contribution in [0.25, 0.3) is 11.0 Å². The van der Waals surface area contributed by atoms with E-state index in [0.717, 1.165) is 17.7 Å². The number of nitrogens with zero attached hydrogens (tertiary/aromatic N) is 4. The molecule has 1 aromatic carbocycles. The summed E-state index contributed by atoms with van der Waals surface area (Å²) in [5.74, 6) is -3.30. The summed E-state index contributed by atoms with van der Waals surface area (Å²) in [5, 5.41) is 5.93. The normalized spacial score (nSPS) is 27.4. The summed E-state index contributed by atoms with van der Waals surface area (Å²) in [5.41, 5.74) is -0.274. The number of ether oxygens (including phenoxy) is 1. The zero-order chi connectivity index (χ0) is 38.4. The van der Waals surface area contributed by atoms with Crippen LogP contribution in [0.1, 0.15) is 92.0 Å². The first-order valence-corrected chi connectivity index (χ1v) is 20.7. The number of benzene rings is 1. The Labute approximate surface area is 316 Å². The van der Waals surface area contributed by atoms with E-state index in [4.69, 9.17) is 4.74 Å². The van der Waals surface area contributed by atoms with E-state index >= 15 is 0 Å². The van der Waals surface area contributed by atoms with Crippen LogP contribution < -0.4 is 20.1 Å². The van der Waals surface area contributed by atoms with Crippen molar-refractivity contribution in [2.45, 2.75) is 113 Å². The number of aromatic nitrogens is 3. The molecular formula is C37H44FN7O7S2. The quantitative estimate of drug-likeness (QED) is 0.285. The summed E-state index contributed by atoms with van der Waals surface area (Å²) in [6, 6.07) is 1.92. The molecule has 54 heavy (non-hydrogen) atoms. The first-order chi connectivity index (χ1) is 25.7. The molecule has 1 saturated heterocycles. The molecule has 17 heteroatoms. The molecule has 3 aromatic rings. The maximum absolute atomic E-state index is 14.5. The maximum atomic E-state index is 14.5. The molecule has 4 aliphatic rings. The third-order valence-corrected chi connectivity index (χ3v) is 13.9. The van der Waals surface area contributed by atoms with Crippen LogP contribution in [0.2, 0.25) is 0 Å². The van der Waals surface area contributed by atoms with E-state index in [1.165, 1.54) is 34.4 Å². The van der Waals surface area contributed by atoms with Gasteiger partial charge in [-0.2, -0.15) is 0 Å². The van der Waals surface area contributed by atoms with Gasteiger partial charge in [-0.3, -0.25) is 23.9 Å². The van der Waals surface area contributed by atoms with Gasteiger partial charge in [-0.05, 0) is 70.9 Å². The Hall–Kier alpha value is -4.51. The standard InChI is InChI=1S/C37H44FN7O7S2/c1-4-25-32(42-28-16-23(38)12-13-26(28)40-25)52-24-17-29-30(46)43-37(35(49)44-54(50,51)36(3)14-15-36)18-22(37)10-8-6-5-7-9-11-27(34(48)45(29)20-24)41-31(47)33-39-19-21(2)53-33/h8,10,12-13,16,19,22,24,27,29H,4-7,9,11,14-15,17-18,20H2,1-3H3,(H,41,47)(H,43,46)(H,44,49)/b10-8-/t22?,24-,27+,29+,37-/m1/s1. The lowest BCUT2D eigenvalue weighted by molar-refractivity contribution is -0.141. The second kappa shape index (κ2) is 14.6. The smallest absolute Gasteiger partial charge is 0.280 e. The van der Waals surface area contributed by atoms with Crippen molar-refractivity contribution >= 4 is 56.0 Å². The highest BCUT2D eigenvalue weighted by atomic mass is 32.2. The fourth-order valence-electron chi connectivity index (χ4n) is 7.16. The molecule has 14 nitrogen and oxygen atoms in total. The van der Waals surface area contributed by atoms with Crippen molar-refractivity contribution in [3.05, 3.63) is 57.9 Å². The number of nitrogens with one attached hydrogen (secondary N) is 3. The monoisotopic (exact) mass is 781 g/mol. The zero-order valence-corrected chi connectivity index (χ0v) is 32.0. The summed E-state index contributed by atoms with van der Waals surface area (Å²) < 4.78 is 47.9. The Morgan fingerprint density at radius 3 is 2.67 bits per heavy atom. The van der Waals surface area contributed by atoms with Crippen LogP contribution in [0.15, 0.2) is 36.5 Å². The lowest BCUT2D eigenvalue weighted by atomic mass is 10.0. The van der Waals surface area contributed by atoms with E-state index in [0.29, 0.717) is 49.7 Å². The van der Waals surface area contributed by atoms with Crippen LogP contribution >= 0.6 is 11.3 Å². The number of aryl methyl sites for hydroxylation is 2. The van der Waals surface area contributed by atoms with Crippen molar-refractivity contribution in [3.8, 4) is 5.88 Å². The predicted octanol–water partition coefficient (Wildman–Crippen LogP) is 3.64. The van der Waals surface area contributed by atoms with E-state index in [2.05, 4.69) is 30.3 Å². The van der Waals surface area contributed by atoms with Gasteiger partial charge in [0.25, 0.3) is 11.8 Å². The van der Waals surface area contributed by atoms with Crippen LogP contribution in [0.4, 0.5) is 4.39 Å². The molecule has 2 aliphatic heterocycles. The van der Waals surface area contributed by atoms with Crippen LogP contribution in [0.5, 0.6) is 5.88 Å². The maximum Gasteiger partial charge on any atom is 0.280 e. The molecule has 4 amide bonds. The van der Waals surface area contributed by atoms with Crippen molar-refractivity contribution in [1.82, 2.24) is 35.2 Å². The minimum atomic E-state index is -4.01. The second-order valence-corrected chi connectivity index (χ2v) is 18.4. The van der Waals surface area contributed by atoms with Gasteiger partial charge in [0.2, 0.25) is 27.7 Å². The largest absolute Gasteiger partial charge is 0.471 e.